The molecule has 0 unspecified atom stereocenters. The van der Waals surface area contributed by atoms with Gasteiger partial charge in [-0.2, -0.15) is 4.39 Å². The largest absolute Gasteiger partial charge is 0.304 e. The molecule has 1 aliphatic rings. The van der Waals surface area contributed by atoms with Crippen LogP contribution in [0.4, 0.5) is 10.2 Å². The van der Waals surface area contributed by atoms with Crippen molar-refractivity contribution in [1.82, 2.24) is 19.5 Å². The van der Waals surface area contributed by atoms with E-state index in [0.29, 0.717) is 36.4 Å². The molecule has 4 aromatic rings. The van der Waals surface area contributed by atoms with Crippen molar-refractivity contribution < 1.29 is 9.18 Å². The lowest BCUT2D eigenvalue weighted by molar-refractivity contribution is -0.117. The summed E-state index contributed by atoms with van der Waals surface area (Å²) in [6, 6.07) is 15.8. The van der Waals surface area contributed by atoms with Crippen molar-refractivity contribution in [2.75, 3.05) is 4.90 Å². The van der Waals surface area contributed by atoms with E-state index in [1.807, 2.05) is 42.5 Å². The normalized spacial score (nSPS) is 13.1. The second-order valence-electron chi connectivity index (χ2n) is 8.60. The number of anilines is 1. The van der Waals surface area contributed by atoms with Crippen LogP contribution < -0.4 is 4.90 Å². The van der Waals surface area contributed by atoms with Crippen molar-refractivity contribution in [3.63, 3.8) is 0 Å². The second kappa shape index (κ2) is 8.24. The molecule has 0 spiro atoms. The molecule has 0 N–H and O–H groups in total. The minimum absolute atomic E-state index is 0.00356. The van der Waals surface area contributed by atoms with E-state index in [4.69, 9.17) is 4.98 Å². The van der Waals surface area contributed by atoms with Crippen LogP contribution in [0.1, 0.15) is 36.5 Å². The zero-order valence-corrected chi connectivity index (χ0v) is 18.8. The average molecular weight is 442 g/mol. The van der Waals surface area contributed by atoms with Crippen molar-refractivity contribution in [3.8, 4) is 22.8 Å². The zero-order valence-electron chi connectivity index (χ0n) is 18.8. The Morgan fingerprint density at radius 3 is 2.48 bits per heavy atom. The van der Waals surface area contributed by atoms with Gasteiger partial charge in [0.2, 0.25) is 11.9 Å². The number of hydrogen-bond acceptors (Lipinski definition) is 4. The smallest absolute Gasteiger partial charge is 0.233 e. The summed E-state index contributed by atoms with van der Waals surface area (Å²) in [6.07, 6.45) is 3.27. The number of carbonyl (C=O) groups excluding carboxylic acids is 1. The lowest BCUT2D eigenvalue weighted by Crippen LogP contribution is -2.26. The Kier molecular flexibility index (Phi) is 5.24. The Labute approximate surface area is 191 Å². The fourth-order valence-electron chi connectivity index (χ4n) is 4.23. The Morgan fingerprint density at radius 2 is 1.79 bits per heavy atom. The molecule has 5 rings (SSSR count). The van der Waals surface area contributed by atoms with Gasteiger partial charge in [0.15, 0.2) is 5.82 Å². The van der Waals surface area contributed by atoms with Gasteiger partial charge in [0.05, 0.1) is 19.2 Å². The molecular weight excluding hydrogens is 417 g/mol. The van der Waals surface area contributed by atoms with Crippen LogP contribution in [0, 0.1) is 5.95 Å². The number of halogens is 1. The van der Waals surface area contributed by atoms with Crippen LogP contribution in [0.25, 0.3) is 22.8 Å². The quantitative estimate of drug-likeness (QED) is 0.442. The highest BCUT2D eigenvalue weighted by atomic mass is 19.1. The van der Waals surface area contributed by atoms with Gasteiger partial charge in [-0.1, -0.05) is 62.4 Å². The molecule has 1 aliphatic heterocycles. The molecule has 3 heterocycles. The van der Waals surface area contributed by atoms with Crippen LogP contribution in [-0.2, 0) is 24.8 Å². The lowest BCUT2D eigenvalue weighted by Gasteiger charge is -2.18. The standard InChI is InChI=1S/C26H24FN5O/c1-16(2)20-6-4-5-7-21(20)24-28-13-19-12-23(33)32(26(19)30-24)15-17-8-10-18(11-9-17)25-29-14-22(27)31(25)3/h4-11,13-14,16H,12,15H2,1-3H3. The summed E-state index contributed by atoms with van der Waals surface area (Å²) in [7, 11) is 1.64. The van der Waals surface area contributed by atoms with Gasteiger partial charge in [-0.15, -0.1) is 0 Å². The van der Waals surface area contributed by atoms with Crippen LogP contribution in [0.15, 0.2) is 60.9 Å². The number of fused-ring (bicyclic) bond motifs is 1. The van der Waals surface area contributed by atoms with Crippen molar-refractivity contribution in [2.24, 2.45) is 7.05 Å². The van der Waals surface area contributed by atoms with Gasteiger partial charge in [-0.25, -0.2) is 15.0 Å². The van der Waals surface area contributed by atoms with E-state index in [-0.39, 0.29) is 11.9 Å². The first-order chi connectivity index (χ1) is 15.9. The Morgan fingerprint density at radius 1 is 1.03 bits per heavy atom. The Hall–Kier alpha value is -3.87. The highest BCUT2D eigenvalue weighted by molar-refractivity contribution is 6.00. The molecule has 166 valence electrons. The van der Waals surface area contributed by atoms with Crippen molar-refractivity contribution in [1.29, 1.82) is 0 Å². The Balaban J connectivity index is 1.44. The number of aromatic nitrogens is 4. The van der Waals surface area contributed by atoms with E-state index in [1.165, 1.54) is 16.3 Å². The SMILES string of the molecule is CC(C)c1ccccc1-c1ncc2c(n1)N(Cc1ccc(-c3ncc(F)n3C)cc1)C(=O)C2. The maximum Gasteiger partial charge on any atom is 0.233 e. The predicted molar refractivity (Wildman–Crippen MR) is 125 cm³/mol. The number of carbonyl (C=O) groups is 1. The van der Waals surface area contributed by atoms with Crippen LogP contribution in [0.2, 0.25) is 0 Å². The first-order valence-corrected chi connectivity index (χ1v) is 10.9. The van der Waals surface area contributed by atoms with E-state index >= 15 is 0 Å². The summed E-state index contributed by atoms with van der Waals surface area (Å²) in [5.41, 5.74) is 4.77. The molecule has 0 aliphatic carbocycles. The maximum absolute atomic E-state index is 13.6. The van der Waals surface area contributed by atoms with Gasteiger partial charge in [0, 0.05) is 29.9 Å². The van der Waals surface area contributed by atoms with Crippen molar-refractivity contribution in [3.05, 3.63) is 83.6 Å². The van der Waals surface area contributed by atoms with Crippen LogP contribution >= 0.6 is 0 Å². The summed E-state index contributed by atoms with van der Waals surface area (Å²) in [4.78, 5) is 28.0. The second-order valence-corrected chi connectivity index (χ2v) is 8.60. The molecule has 2 aromatic heterocycles. The Bertz CT molecular complexity index is 1340. The first-order valence-electron chi connectivity index (χ1n) is 10.9. The maximum atomic E-state index is 13.6. The van der Waals surface area contributed by atoms with Crippen molar-refractivity contribution >= 4 is 11.7 Å². The number of amides is 1. The number of rotatable bonds is 5. The molecule has 0 saturated heterocycles. The number of nitrogens with zero attached hydrogens (tertiary/aromatic N) is 5. The monoisotopic (exact) mass is 441 g/mol. The highest BCUT2D eigenvalue weighted by Crippen LogP contribution is 2.33. The minimum Gasteiger partial charge on any atom is -0.304 e. The lowest BCUT2D eigenvalue weighted by atomic mass is 9.97. The van der Waals surface area contributed by atoms with Gasteiger partial charge in [-0.3, -0.25) is 9.69 Å². The average Bonchev–Trinajstić information content (AvgIpc) is 3.32. The third kappa shape index (κ3) is 3.80. The van der Waals surface area contributed by atoms with Gasteiger partial charge in [0.1, 0.15) is 11.6 Å². The predicted octanol–water partition coefficient (Wildman–Crippen LogP) is 4.90. The molecule has 6 nitrogen and oxygen atoms in total. The highest BCUT2D eigenvalue weighted by Gasteiger charge is 2.30. The van der Waals surface area contributed by atoms with Crippen LogP contribution in [0.5, 0.6) is 0 Å². The topological polar surface area (TPSA) is 63.9 Å². The van der Waals surface area contributed by atoms with Crippen LogP contribution in [0.3, 0.4) is 0 Å². The van der Waals surface area contributed by atoms with E-state index in [9.17, 15) is 9.18 Å². The molecular formula is C26H24FN5O. The summed E-state index contributed by atoms with van der Waals surface area (Å²) >= 11 is 0. The summed E-state index contributed by atoms with van der Waals surface area (Å²) in [6.45, 7) is 4.69. The fourth-order valence-corrected chi connectivity index (χ4v) is 4.23. The van der Waals surface area contributed by atoms with E-state index in [0.717, 1.165) is 22.3 Å². The molecule has 0 saturated carbocycles. The first kappa shape index (κ1) is 21.0. The molecule has 0 atom stereocenters. The van der Waals surface area contributed by atoms with Gasteiger partial charge >= 0.3 is 0 Å². The molecule has 2 aromatic carbocycles. The molecule has 0 fully saturated rings. The summed E-state index contributed by atoms with van der Waals surface area (Å²) in [5.74, 6) is 1.81. The molecule has 0 bridgehead atoms. The van der Waals surface area contributed by atoms with E-state index in [1.54, 1.807) is 18.1 Å². The van der Waals surface area contributed by atoms with E-state index < -0.39 is 0 Å². The van der Waals surface area contributed by atoms with E-state index in [2.05, 4.69) is 29.9 Å². The number of hydrogen-bond donors (Lipinski definition) is 0. The van der Waals surface area contributed by atoms with Gasteiger partial charge in [-0.05, 0) is 17.0 Å². The molecule has 33 heavy (non-hydrogen) atoms. The number of imidazole rings is 1. The van der Waals surface area contributed by atoms with Gasteiger partial charge < -0.3 is 4.57 Å². The third-order valence-electron chi connectivity index (χ3n) is 6.05. The number of benzene rings is 2. The molecule has 0 radical (unpaired) electrons. The fraction of sp³-hybridized carbons (Fsp3) is 0.231. The molecule has 1 amide bonds. The third-order valence-corrected chi connectivity index (χ3v) is 6.05. The minimum atomic E-state index is -0.386. The summed E-state index contributed by atoms with van der Waals surface area (Å²) < 4.78 is 15.0. The van der Waals surface area contributed by atoms with Crippen LogP contribution in [-0.4, -0.2) is 25.4 Å². The molecule has 7 heteroatoms. The summed E-state index contributed by atoms with van der Waals surface area (Å²) in [5, 5.41) is 0. The zero-order chi connectivity index (χ0) is 23.1. The van der Waals surface area contributed by atoms with Crippen molar-refractivity contribution in [2.45, 2.75) is 32.7 Å². The van der Waals surface area contributed by atoms with Gasteiger partial charge in [0.25, 0.3) is 0 Å².